The highest BCUT2D eigenvalue weighted by atomic mass is 16.3. The van der Waals surface area contributed by atoms with E-state index in [-0.39, 0.29) is 12.6 Å². The van der Waals surface area contributed by atoms with Gasteiger partial charge in [-0.15, -0.1) is 0 Å². The Bertz CT molecular complexity index is 133. The number of aliphatic hydroxyl groups excluding tert-OH is 1. The van der Waals surface area contributed by atoms with Crippen LogP contribution in [0.2, 0.25) is 0 Å². The molecular formula is C8H15NO. The van der Waals surface area contributed by atoms with Crippen molar-refractivity contribution in [3.05, 3.63) is 12.3 Å². The summed E-state index contributed by atoms with van der Waals surface area (Å²) in [7, 11) is 0. The standard InChI is InChI=1S/C8H15NO/c1-7-4-3-5-9(7)8(2)6-10/h8,10H,1,3-6H2,2H3. The van der Waals surface area contributed by atoms with E-state index in [1.54, 1.807) is 0 Å². The number of hydrogen-bond acceptors (Lipinski definition) is 2. The third-order valence-corrected chi connectivity index (χ3v) is 2.07. The molecule has 0 saturated carbocycles. The Hall–Kier alpha value is -0.500. The third-order valence-electron chi connectivity index (χ3n) is 2.07. The summed E-state index contributed by atoms with van der Waals surface area (Å²) in [6.45, 7) is 7.25. The lowest BCUT2D eigenvalue weighted by Crippen LogP contribution is -2.31. The molecule has 1 rings (SSSR count). The van der Waals surface area contributed by atoms with Crippen LogP contribution in [0.4, 0.5) is 0 Å². The molecule has 1 aliphatic heterocycles. The van der Waals surface area contributed by atoms with E-state index in [1.807, 2.05) is 6.92 Å². The summed E-state index contributed by atoms with van der Waals surface area (Å²) in [6.07, 6.45) is 2.30. The Morgan fingerprint density at radius 2 is 2.50 bits per heavy atom. The molecule has 0 aromatic heterocycles. The van der Waals surface area contributed by atoms with Crippen molar-refractivity contribution in [3.8, 4) is 0 Å². The lowest BCUT2D eigenvalue weighted by Gasteiger charge is -2.25. The van der Waals surface area contributed by atoms with Crippen LogP contribution >= 0.6 is 0 Å². The van der Waals surface area contributed by atoms with Crippen molar-refractivity contribution < 1.29 is 5.11 Å². The smallest absolute Gasteiger partial charge is 0.0632 e. The zero-order chi connectivity index (χ0) is 7.56. The number of aliphatic hydroxyl groups is 1. The maximum Gasteiger partial charge on any atom is 0.0632 e. The SMILES string of the molecule is C=C1CCCN1C(C)CO. The summed E-state index contributed by atoms with van der Waals surface area (Å²) < 4.78 is 0. The average molecular weight is 141 g/mol. The van der Waals surface area contributed by atoms with Crippen LogP contribution in [0.3, 0.4) is 0 Å². The number of nitrogens with zero attached hydrogens (tertiary/aromatic N) is 1. The van der Waals surface area contributed by atoms with E-state index < -0.39 is 0 Å². The first-order valence-electron chi connectivity index (χ1n) is 3.81. The topological polar surface area (TPSA) is 23.5 Å². The number of likely N-dealkylation sites (tertiary alicyclic amines) is 1. The minimum atomic E-state index is 0.235. The molecule has 0 amide bonds. The maximum absolute atomic E-state index is 8.83. The van der Waals surface area contributed by atoms with Gasteiger partial charge in [0.25, 0.3) is 0 Å². The molecule has 58 valence electrons. The molecule has 1 unspecified atom stereocenters. The predicted octanol–water partition coefficient (Wildman–Crippen LogP) is 0.977. The normalized spacial score (nSPS) is 21.8. The highest BCUT2D eigenvalue weighted by Gasteiger charge is 2.19. The lowest BCUT2D eigenvalue weighted by atomic mass is 10.3. The molecule has 0 aromatic rings. The van der Waals surface area contributed by atoms with Gasteiger partial charge in [-0.25, -0.2) is 0 Å². The summed E-state index contributed by atoms with van der Waals surface area (Å²) in [5.41, 5.74) is 1.18. The minimum absolute atomic E-state index is 0.235. The lowest BCUT2D eigenvalue weighted by molar-refractivity contribution is 0.179. The van der Waals surface area contributed by atoms with Gasteiger partial charge in [-0.05, 0) is 19.8 Å². The maximum atomic E-state index is 8.83. The van der Waals surface area contributed by atoms with Gasteiger partial charge < -0.3 is 10.0 Å². The van der Waals surface area contributed by atoms with Gasteiger partial charge in [0, 0.05) is 18.3 Å². The summed E-state index contributed by atoms with van der Waals surface area (Å²) >= 11 is 0. The Balaban J connectivity index is 2.46. The summed E-state index contributed by atoms with van der Waals surface area (Å²) in [5, 5.41) is 8.83. The van der Waals surface area contributed by atoms with Crippen LogP contribution in [0.5, 0.6) is 0 Å². The van der Waals surface area contributed by atoms with Crippen molar-refractivity contribution in [2.75, 3.05) is 13.2 Å². The molecule has 0 spiro atoms. The number of hydrogen-bond donors (Lipinski definition) is 1. The van der Waals surface area contributed by atoms with E-state index >= 15 is 0 Å². The first kappa shape index (κ1) is 7.61. The fourth-order valence-corrected chi connectivity index (χ4v) is 1.39. The van der Waals surface area contributed by atoms with Crippen molar-refractivity contribution in [1.29, 1.82) is 0 Å². The largest absolute Gasteiger partial charge is 0.394 e. The summed E-state index contributed by atoms with van der Waals surface area (Å²) in [5.74, 6) is 0. The van der Waals surface area contributed by atoms with Crippen molar-refractivity contribution in [3.63, 3.8) is 0 Å². The summed E-state index contributed by atoms with van der Waals surface area (Å²) in [6, 6.07) is 0.259. The molecule has 2 heteroatoms. The first-order chi connectivity index (χ1) is 4.75. The zero-order valence-corrected chi connectivity index (χ0v) is 6.51. The predicted molar refractivity (Wildman–Crippen MR) is 41.6 cm³/mol. The second-order valence-electron chi connectivity index (χ2n) is 2.89. The zero-order valence-electron chi connectivity index (χ0n) is 6.51. The van der Waals surface area contributed by atoms with Crippen LogP contribution in [-0.4, -0.2) is 29.2 Å². The fourth-order valence-electron chi connectivity index (χ4n) is 1.39. The molecule has 1 N–H and O–H groups in total. The number of rotatable bonds is 2. The second-order valence-corrected chi connectivity index (χ2v) is 2.89. The average Bonchev–Trinajstić information content (AvgIpc) is 2.34. The van der Waals surface area contributed by atoms with Crippen molar-refractivity contribution in [2.45, 2.75) is 25.8 Å². The van der Waals surface area contributed by atoms with Crippen molar-refractivity contribution >= 4 is 0 Å². The molecule has 0 radical (unpaired) electrons. The molecule has 1 fully saturated rings. The molecule has 0 aliphatic carbocycles. The van der Waals surface area contributed by atoms with Gasteiger partial charge in [-0.2, -0.15) is 0 Å². The molecule has 1 heterocycles. The van der Waals surface area contributed by atoms with E-state index in [9.17, 15) is 0 Å². The fraction of sp³-hybridized carbons (Fsp3) is 0.750. The Labute approximate surface area is 62.2 Å². The third kappa shape index (κ3) is 1.32. The van der Waals surface area contributed by atoms with Crippen LogP contribution in [-0.2, 0) is 0 Å². The molecule has 1 atom stereocenters. The molecule has 10 heavy (non-hydrogen) atoms. The monoisotopic (exact) mass is 141 g/mol. The van der Waals surface area contributed by atoms with Crippen molar-refractivity contribution in [2.24, 2.45) is 0 Å². The summed E-state index contributed by atoms with van der Waals surface area (Å²) in [4.78, 5) is 2.18. The van der Waals surface area contributed by atoms with Crippen LogP contribution in [0.15, 0.2) is 12.3 Å². The van der Waals surface area contributed by atoms with Crippen LogP contribution in [0.1, 0.15) is 19.8 Å². The van der Waals surface area contributed by atoms with E-state index in [1.165, 1.54) is 12.1 Å². The van der Waals surface area contributed by atoms with E-state index in [4.69, 9.17) is 5.11 Å². The van der Waals surface area contributed by atoms with Gasteiger partial charge in [0.15, 0.2) is 0 Å². The highest BCUT2D eigenvalue weighted by Crippen LogP contribution is 2.20. The second kappa shape index (κ2) is 3.06. The van der Waals surface area contributed by atoms with E-state index in [2.05, 4.69) is 11.5 Å². The van der Waals surface area contributed by atoms with Gasteiger partial charge in [0.2, 0.25) is 0 Å². The van der Waals surface area contributed by atoms with Gasteiger partial charge in [-0.1, -0.05) is 6.58 Å². The quantitative estimate of drug-likeness (QED) is 0.619. The highest BCUT2D eigenvalue weighted by molar-refractivity contribution is 5.01. The number of allylic oxidation sites excluding steroid dienone is 1. The molecular weight excluding hydrogens is 126 g/mol. The Morgan fingerprint density at radius 3 is 2.90 bits per heavy atom. The van der Waals surface area contributed by atoms with Crippen LogP contribution in [0.25, 0.3) is 0 Å². The van der Waals surface area contributed by atoms with Crippen LogP contribution in [0, 0.1) is 0 Å². The minimum Gasteiger partial charge on any atom is -0.394 e. The molecule has 1 aliphatic rings. The Kier molecular flexibility index (Phi) is 2.33. The molecule has 1 saturated heterocycles. The van der Waals surface area contributed by atoms with Gasteiger partial charge in [0.05, 0.1) is 6.61 Å². The first-order valence-corrected chi connectivity index (χ1v) is 3.81. The van der Waals surface area contributed by atoms with Gasteiger partial charge in [0.1, 0.15) is 0 Å². The van der Waals surface area contributed by atoms with E-state index in [0.717, 1.165) is 13.0 Å². The molecule has 0 bridgehead atoms. The van der Waals surface area contributed by atoms with Gasteiger partial charge >= 0.3 is 0 Å². The van der Waals surface area contributed by atoms with Crippen LogP contribution < -0.4 is 0 Å². The van der Waals surface area contributed by atoms with Gasteiger partial charge in [-0.3, -0.25) is 0 Å². The molecule has 0 aromatic carbocycles. The molecule has 2 nitrogen and oxygen atoms in total. The van der Waals surface area contributed by atoms with E-state index in [0.29, 0.717) is 0 Å². The Morgan fingerprint density at radius 1 is 1.80 bits per heavy atom. The van der Waals surface area contributed by atoms with Crippen molar-refractivity contribution in [1.82, 2.24) is 4.90 Å².